The molecule has 0 aliphatic heterocycles. The van der Waals surface area contributed by atoms with Crippen LogP contribution in [0, 0.1) is 0 Å². The van der Waals surface area contributed by atoms with Gasteiger partial charge in [-0.2, -0.15) is 4.98 Å². The fourth-order valence-electron chi connectivity index (χ4n) is 0.919. The van der Waals surface area contributed by atoms with Gasteiger partial charge in [0.2, 0.25) is 11.8 Å². The van der Waals surface area contributed by atoms with Crippen molar-refractivity contribution in [1.82, 2.24) is 9.97 Å². The Bertz CT molecular complexity index is 330. The molecular formula is C9H13N3O3. The predicted octanol–water partition coefficient (Wildman–Crippen LogP) is 0.460. The van der Waals surface area contributed by atoms with Gasteiger partial charge in [0.05, 0.1) is 20.6 Å². The molecule has 0 saturated carbocycles. The van der Waals surface area contributed by atoms with Crippen LogP contribution in [-0.4, -0.2) is 36.7 Å². The van der Waals surface area contributed by atoms with E-state index in [4.69, 9.17) is 4.74 Å². The number of ether oxygens (including phenoxy) is 2. The van der Waals surface area contributed by atoms with E-state index in [2.05, 4.69) is 20.0 Å². The summed E-state index contributed by atoms with van der Waals surface area (Å²) in [4.78, 5) is 18.8. The minimum atomic E-state index is -0.273. The van der Waals surface area contributed by atoms with E-state index in [1.54, 1.807) is 12.3 Å². The van der Waals surface area contributed by atoms with Crippen LogP contribution in [-0.2, 0) is 9.53 Å². The summed E-state index contributed by atoms with van der Waals surface area (Å²) < 4.78 is 9.41. The molecule has 1 aromatic heterocycles. The van der Waals surface area contributed by atoms with Crippen LogP contribution >= 0.6 is 0 Å². The lowest BCUT2D eigenvalue weighted by molar-refractivity contribution is -0.140. The van der Waals surface area contributed by atoms with Crippen molar-refractivity contribution in [3.8, 4) is 5.88 Å². The molecule has 0 saturated heterocycles. The maximum atomic E-state index is 10.8. The Morgan fingerprint density at radius 2 is 2.33 bits per heavy atom. The Hall–Kier alpha value is -1.85. The minimum Gasteiger partial charge on any atom is -0.481 e. The second-order valence-corrected chi connectivity index (χ2v) is 2.68. The van der Waals surface area contributed by atoms with Crippen molar-refractivity contribution in [2.24, 2.45) is 0 Å². The first-order valence-corrected chi connectivity index (χ1v) is 4.44. The highest BCUT2D eigenvalue weighted by molar-refractivity contribution is 5.69. The Morgan fingerprint density at radius 1 is 1.53 bits per heavy atom. The Labute approximate surface area is 87.6 Å². The molecule has 0 atom stereocenters. The summed E-state index contributed by atoms with van der Waals surface area (Å²) in [5.74, 6) is 0.634. The van der Waals surface area contributed by atoms with Crippen molar-refractivity contribution in [1.29, 1.82) is 0 Å². The van der Waals surface area contributed by atoms with Crippen molar-refractivity contribution in [3.63, 3.8) is 0 Å². The highest BCUT2D eigenvalue weighted by Gasteiger charge is 2.01. The van der Waals surface area contributed by atoms with Crippen LogP contribution in [0.15, 0.2) is 12.3 Å². The van der Waals surface area contributed by atoms with Gasteiger partial charge in [-0.3, -0.25) is 4.79 Å². The lowest BCUT2D eigenvalue weighted by Crippen LogP contribution is -2.11. The van der Waals surface area contributed by atoms with Gasteiger partial charge in [0.15, 0.2) is 0 Å². The summed E-state index contributed by atoms with van der Waals surface area (Å²) in [6.07, 6.45) is 1.85. The van der Waals surface area contributed by atoms with Crippen molar-refractivity contribution < 1.29 is 14.3 Å². The molecule has 1 rings (SSSR count). The summed E-state index contributed by atoms with van der Waals surface area (Å²) in [5.41, 5.74) is 0. The molecule has 1 aromatic rings. The first-order chi connectivity index (χ1) is 7.26. The van der Waals surface area contributed by atoms with Crippen LogP contribution in [0.1, 0.15) is 6.42 Å². The van der Waals surface area contributed by atoms with E-state index in [0.717, 1.165) is 0 Å². The lowest BCUT2D eigenvalue weighted by Gasteiger charge is -2.04. The van der Waals surface area contributed by atoms with Crippen LogP contribution in [0.5, 0.6) is 5.88 Å². The van der Waals surface area contributed by atoms with Crippen LogP contribution in [0.25, 0.3) is 0 Å². The van der Waals surface area contributed by atoms with Crippen LogP contribution in [0.3, 0.4) is 0 Å². The highest BCUT2D eigenvalue weighted by Crippen LogP contribution is 2.06. The zero-order valence-corrected chi connectivity index (χ0v) is 8.69. The quantitative estimate of drug-likeness (QED) is 0.713. The average Bonchev–Trinajstić information content (AvgIpc) is 2.29. The largest absolute Gasteiger partial charge is 0.481 e. The van der Waals surface area contributed by atoms with Crippen molar-refractivity contribution in [2.75, 3.05) is 26.1 Å². The number of hydrogen-bond acceptors (Lipinski definition) is 6. The van der Waals surface area contributed by atoms with Crippen LogP contribution < -0.4 is 10.1 Å². The third-order valence-corrected chi connectivity index (χ3v) is 1.68. The molecule has 0 radical (unpaired) electrons. The van der Waals surface area contributed by atoms with Crippen molar-refractivity contribution in [2.45, 2.75) is 6.42 Å². The van der Waals surface area contributed by atoms with Gasteiger partial charge in [0, 0.05) is 18.8 Å². The highest BCUT2D eigenvalue weighted by atomic mass is 16.5. The van der Waals surface area contributed by atoms with Gasteiger partial charge in [0.25, 0.3) is 0 Å². The van der Waals surface area contributed by atoms with Crippen LogP contribution in [0.2, 0.25) is 0 Å². The van der Waals surface area contributed by atoms with Crippen LogP contribution in [0.4, 0.5) is 5.95 Å². The zero-order chi connectivity index (χ0) is 11.1. The number of carbonyl (C=O) groups is 1. The first kappa shape index (κ1) is 11.2. The molecule has 0 unspecified atom stereocenters. The Kier molecular flexibility index (Phi) is 4.33. The molecule has 15 heavy (non-hydrogen) atoms. The Balaban J connectivity index is 2.40. The minimum absolute atomic E-state index is 0.273. The molecule has 0 amide bonds. The molecule has 0 aliphatic rings. The standard InChI is InChI=1S/C9H13N3O3/c1-14-7-3-5-10-9(12-7)11-6-4-8(13)15-2/h3,5H,4,6H2,1-2H3,(H,10,11,12). The van der Waals surface area contributed by atoms with Gasteiger partial charge in [-0.05, 0) is 0 Å². The Morgan fingerprint density at radius 3 is 3.00 bits per heavy atom. The average molecular weight is 211 g/mol. The molecule has 0 spiro atoms. The number of nitrogens with zero attached hydrogens (tertiary/aromatic N) is 2. The number of esters is 1. The smallest absolute Gasteiger partial charge is 0.307 e. The molecule has 82 valence electrons. The molecular weight excluding hydrogens is 198 g/mol. The number of nitrogens with one attached hydrogen (secondary N) is 1. The third-order valence-electron chi connectivity index (χ3n) is 1.68. The molecule has 0 bridgehead atoms. The monoisotopic (exact) mass is 211 g/mol. The number of hydrogen-bond donors (Lipinski definition) is 1. The van der Waals surface area contributed by atoms with Gasteiger partial charge in [-0.1, -0.05) is 0 Å². The molecule has 1 N–H and O–H groups in total. The van der Waals surface area contributed by atoms with E-state index in [1.165, 1.54) is 14.2 Å². The summed E-state index contributed by atoms with van der Waals surface area (Å²) >= 11 is 0. The lowest BCUT2D eigenvalue weighted by atomic mass is 10.4. The van der Waals surface area contributed by atoms with Crippen molar-refractivity contribution in [3.05, 3.63) is 12.3 Å². The van der Waals surface area contributed by atoms with E-state index < -0.39 is 0 Å². The van der Waals surface area contributed by atoms with E-state index in [0.29, 0.717) is 18.4 Å². The second kappa shape index (κ2) is 5.79. The fraction of sp³-hybridized carbons (Fsp3) is 0.444. The van der Waals surface area contributed by atoms with Gasteiger partial charge < -0.3 is 14.8 Å². The molecule has 0 fully saturated rings. The van der Waals surface area contributed by atoms with E-state index in [-0.39, 0.29) is 12.4 Å². The van der Waals surface area contributed by atoms with Crippen molar-refractivity contribution >= 4 is 11.9 Å². The van der Waals surface area contributed by atoms with E-state index >= 15 is 0 Å². The topological polar surface area (TPSA) is 73.3 Å². The van der Waals surface area contributed by atoms with E-state index in [9.17, 15) is 4.79 Å². The second-order valence-electron chi connectivity index (χ2n) is 2.68. The number of rotatable bonds is 5. The maximum Gasteiger partial charge on any atom is 0.307 e. The number of anilines is 1. The first-order valence-electron chi connectivity index (χ1n) is 4.44. The van der Waals surface area contributed by atoms with Gasteiger partial charge >= 0.3 is 5.97 Å². The summed E-state index contributed by atoms with van der Waals surface area (Å²) in [6.45, 7) is 0.430. The molecule has 6 nitrogen and oxygen atoms in total. The fourth-order valence-corrected chi connectivity index (χ4v) is 0.919. The zero-order valence-electron chi connectivity index (χ0n) is 8.69. The molecule has 0 aliphatic carbocycles. The third kappa shape index (κ3) is 3.80. The van der Waals surface area contributed by atoms with Gasteiger partial charge in [-0.15, -0.1) is 0 Å². The SMILES string of the molecule is COC(=O)CCNc1nccc(OC)n1. The maximum absolute atomic E-state index is 10.8. The molecule has 6 heteroatoms. The number of carbonyl (C=O) groups excluding carboxylic acids is 1. The van der Waals surface area contributed by atoms with Gasteiger partial charge in [0.1, 0.15) is 0 Å². The molecule has 0 aromatic carbocycles. The summed E-state index contributed by atoms with van der Waals surface area (Å²) in [6, 6.07) is 1.64. The number of methoxy groups -OCH3 is 2. The van der Waals surface area contributed by atoms with Gasteiger partial charge in [-0.25, -0.2) is 4.98 Å². The molecule has 1 heterocycles. The predicted molar refractivity (Wildman–Crippen MR) is 53.7 cm³/mol. The normalized spacial score (nSPS) is 9.47. The summed E-state index contributed by atoms with van der Waals surface area (Å²) in [7, 11) is 2.88. The number of aromatic nitrogens is 2. The summed E-state index contributed by atoms with van der Waals surface area (Å²) in [5, 5.41) is 2.88. The van der Waals surface area contributed by atoms with E-state index in [1.807, 2.05) is 0 Å².